The molecule has 0 fully saturated rings. The average Bonchev–Trinajstić information content (AvgIpc) is 2.95. The summed E-state index contributed by atoms with van der Waals surface area (Å²) in [6.07, 6.45) is 4.10. The molecule has 2 heterocycles. The van der Waals surface area contributed by atoms with Gasteiger partial charge in [0.15, 0.2) is 11.5 Å². The smallest absolute Gasteiger partial charge is 0.269 e. The standard InChI is InChI=1S/C10H14N6O/c1-3-6(2)16-4-7(8(15-16)9(11)17)10-12-5-13-14-10/h4-6H,3H2,1-2H3,(H2,11,17)(H,12,13,14). The molecule has 0 bridgehead atoms. The second-order valence-corrected chi connectivity index (χ2v) is 3.82. The second-order valence-electron chi connectivity index (χ2n) is 3.82. The van der Waals surface area contributed by atoms with Crippen LogP contribution in [0.15, 0.2) is 12.5 Å². The van der Waals surface area contributed by atoms with E-state index in [1.165, 1.54) is 6.33 Å². The van der Waals surface area contributed by atoms with Gasteiger partial charge in [0.1, 0.15) is 6.33 Å². The van der Waals surface area contributed by atoms with Crippen LogP contribution < -0.4 is 5.73 Å². The third kappa shape index (κ3) is 2.03. The topological polar surface area (TPSA) is 102 Å². The molecule has 0 saturated heterocycles. The highest BCUT2D eigenvalue weighted by atomic mass is 16.1. The van der Waals surface area contributed by atoms with Crippen LogP contribution in [0.1, 0.15) is 36.8 Å². The van der Waals surface area contributed by atoms with Gasteiger partial charge >= 0.3 is 0 Å². The van der Waals surface area contributed by atoms with Crippen molar-refractivity contribution in [2.75, 3.05) is 0 Å². The van der Waals surface area contributed by atoms with E-state index in [-0.39, 0.29) is 11.7 Å². The van der Waals surface area contributed by atoms with Crippen molar-refractivity contribution in [3.63, 3.8) is 0 Å². The number of hydrogen-bond donors (Lipinski definition) is 2. The Kier molecular flexibility index (Phi) is 2.90. The fourth-order valence-corrected chi connectivity index (χ4v) is 1.49. The molecule has 7 heteroatoms. The molecule has 0 radical (unpaired) electrons. The summed E-state index contributed by atoms with van der Waals surface area (Å²) in [5, 5.41) is 10.7. The van der Waals surface area contributed by atoms with Gasteiger partial charge in [-0.05, 0) is 13.3 Å². The number of carbonyl (C=O) groups is 1. The van der Waals surface area contributed by atoms with Gasteiger partial charge in [0.25, 0.3) is 5.91 Å². The number of rotatable bonds is 4. The minimum absolute atomic E-state index is 0.195. The molecule has 1 atom stereocenters. The van der Waals surface area contributed by atoms with Crippen LogP contribution in [0.2, 0.25) is 0 Å². The zero-order valence-electron chi connectivity index (χ0n) is 9.71. The molecule has 0 spiro atoms. The molecule has 90 valence electrons. The Morgan fingerprint density at radius 1 is 1.65 bits per heavy atom. The summed E-state index contributed by atoms with van der Waals surface area (Å²) >= 11 is 0. The van der Waals surface area contributed by atoms with Gasteiger partial charge in [-0.25, -0.2) is 4.98 Å². The number of aromatic amines is 1. The molecular weight excluding hydrogens is 220 g/mol. The molecule has 2 aromatic rings. The van der Waals surface area contributed by atoms with E-state index in [0.29, 0.717) is 11.4 Å². The second kappa shape index (κ2) is 4.36. The van der Waals surface area contributed by atoms with Crippen molar-refractivity contribution in [3.05, 3.63) is 18.2 Å². The minimum atomic E-state index is -0.577. The van der Waals surface area contributed by atoms with Gasteiger partial charge in [0, 0.05) is 12.2 Å². The number of amides is 1. The molecule has 0 aliphatic carbocycles. The minimum Gasteiger partial charge on any atom is -0.364 e. The van der Waals surface area contributed by atoms with Crippen LogP contribution in [-0.4, -0.2) is 30.9 Å². The number of hydrogen-bond acceptors (Lipinski definition) is 4. The molecule has 2 aromatic heterocycles. The van der Waals surface area contributed by atoms with Crippen LogP contribution in [0.4, 0.5) is 0 Å². The van der Waals surface area contributed by atoms with Gasteiger partial charge in [0.05, 0.1) is 5.56 Å². The van der Waals surface area contributed by atoms with Crippen molar-refractivity contribution in [2.24, 2.45) is 5.73 Å². The van der Waals surface area contributed by atoms with Crippen molar-refractivity contribution in [2.45, 2.75) is 26.3 Å². The maximum Gasteiger partial charge on any atom is 0.269 e. The zero-order valence-corrected chi connectivity index (χ0v) is 9.71. The van der Waals surface area contributed by atoms with Gasteiger partial charge in [0.2, 0.25) is 0 Å². The Morgan fingerprint density at radius 2 is 2.41 bits per heavy atom. The molecule has 0 aliphatic rings. The molecule has 2 rings (SSSR count). The summed E-state index contributed by atoms with van der Waals surface area (Å²) in [6.45, 7) is 4.06. The number of nitrogens with one attached hydrogen (secondary N) is 1. The average molecular weight is 234 g/mol. The maximum absolute atomic E-state index is 11.3. The summed E-state index contributed by atoms with van der Waals surface area (Å²) in [4.78, 5) is 15.3. The number of H-pyrrole nitrogens is 1. The lowest BCUT2D eigenvalue weighted by atomic mass is 10.2. The van der Waals surface area contributed by atoms with Crippen LogP contribution in [0.25, 0.3) is 11.4 Å². The summed E-state index contributed by atoms with van der Waals surface area (Å²) in [5.74, 6) is -0.153. The lowest BCUT2D eigenvalue weighted by molar-refractivity contribution is 0.0995. The highest BCUT2D eigenvalue weighted by molar-refractivity contribution is 5.96. The van der Waals surface area contributed by atoms with Gasteiger partial charge < -0.3 is 5.73 Å². The molecule has 1 unspecified atom stereocenters. The van der Waals surface area contributed by atoms with Crippen molar-refractivity contribution < 1.29 is 4.79 Å². The van der Waals surface area contributed by atoms with Crippen molar-refractivity contribution in [1.82, 2.24) is 25.0 Å². The van der Waals surface area contributed by atoms with Crippen LogP contribution in [0, 0.1) is 0 Å². The Labute approximate surface area is 98.0 Å². The quantitative estimate of drug-likeness (QED) is 0.814. The molecule has 0 aromatic carbocycles. The first-order chi connectivity index (χ1) is 8.13. The van der Waals surface area contributed by atoms with E-state index in [9.17, 15) is 4.79 Å². The van der Waals surface area contributed by atoms with Crippen LogP contribution in [-0.2, 0) is 0 Å². The van der Waals surface area contributed by atoms with Gasteiger partial charge in [-0.1, -0.05) is 6.92 Å². The summed E-state index contributed by atoms with van der Waals surface area (Å²) in [6, 6.07) is 0.195. The number of nitrogens with two attached hydrogens (primary N) is 1. The Hall–Kier alpha value is -2.18. The molecule has 1 amide bonds. The molecular formula is C10H14N6O. The predicted molar refractivity (Wildman–Crippen MR) is 61.1 cm³/mol. The molecule has 0 aliphatic heterocycles. The fourth-order valence-electron chi connectivity index (χ4n) is 1.49. The third-order valence-electron chi connectivity index (χ3n) is 2.66. The zero-order chi connectivity index (χ0) is 12.4. The fraction of sp³-hybridized carbons (Fsp3) is 0.400. The molecule has 0 saturated carbocycles. The Morgan fingerprint density at radius 3 is 2.94 bits per heavy atom. The first kappa shape index (κ1) is 11.3. The van der Waals surface area contributed by atoms with Crippen LogP contribution in [0.3, 0.4) is 0 Å². The number of carbonyl (C=O) groups excluding carboxylic acids is 1. The highest BCUT2D eigenvalue weighted by Crippen LogP contribution is 2.21. The monoisotopic (exact) mass is 234 g/mol. The van der Waals surface area contributed by atoms with Gasteiger partial charge in [-0.3, -0.25) is 14.6 Å². The molecule has 3 N–H and O–H groups in total. The van der Waals surface area contributed by atoms with E-state index in [2.05, 4.69) is 20.3 Å². The summed E-state index contributed by atoms with van der Waals surface area (Å²) in [7, 11) is 0. The van der Waals surface area contributed by atoms with Gasteiger partial charge in [-0.2, -0.15) is 10.2 Å². The highest BCUT2D eigenvalue weighted by Gasteiger charge is 2.19. The maximum atomic E-state index is 11.3. The van der Waals surface area contributed by atoms with E-state index in [0.717, 1.165) is 6.42 Å². The van der Waals surface area contributed by atoms with Crippen LogP contribution >= 0.6 is 0 Å². The van der Waals surface area contributed by atoms with E-state index in [1.807, 2.05) is 13.8 Å². The Bertz CT molecular complexity index is 515. The van der Waals surface area contributed by atoms with Gasteiger partial charge in [-0.15, -0.1) is 0 Å². The predicted octanol–water partition coefficient (Wildman–Crippen LogP) is 0.738. The molecule has 17 heavy (non-hydrogen) atoms. The van der Waals surface area contributed by atoms with Crippen molar-refractivity contribution in [1.29, 1.82) is 0 Å². The first-order valence-corrected chi connectivity index (χ1v) is 5.38. The normalized spacial score (nSPS) is 12.6. The number of primary amides is 1. The number of aromatic nitrogens is 5. The SMILES string of the molecule is CCC(C)n1cc(-c2nc[nH]n2)c(C(N)=O)n1. The summed E-state index contributed by atoms with van der Waals surface area (Å²) in [5.41, 5.74) is 6.05. The lowest BCUT2D eigenvalue weighted by Crippen LogP contribution is -2.14. The van der Waals surface area contributed by atoms with E-state index >= 15 is 0 Å². The number of nitrogens with zero attached hydrogens (tertiary/aromatic N) is 4. The Balaban J connectivity index is 2.50. The third-order valence-corrected chi connectivity index (χ3v) is 2.66. The van der Waals surface area contributed by atoms with E-state index < -0.39 is 5.91 Å². The van der Waals surface area contributed by atoms with E-state index in [4.69, 9.17) is 5.73 Å². The first-order valence-electron chi connectivity index (χ1n) is 5.38. The summed E-state index contributed by atoms with van der Waals surface area (Å²) < 4.78 is 1.71. The largest absolute Gasteiger partial charge is 0.364 e. The lowest BCUT2D eigenvalue weighted by Gasteiger charge is -2.07. The van der Waals surface area contributed by atoms with Crippen molar-refractivity contribution >= 4 is 5.91 Å². The van der Waals surface area contributed by atoms with Crippen molar-refractivity contribution in [3.8, 4) is 11.4 Å². The van der Waals surface area contributed by atoms with E-state index in [1.54, 1.807) is 10.9 Å². The molecule has 7 nitrogen and oxygen atoms in total. The van der Waals surface area contributed by atoms with Crippen LogP contribution in [0.5, 0.6) is 0 Å².